The molecule has 0 aromatic heterocycles. The standard InChI is InChI=1S/C19H21N3O6/c1-12(2)18(25)27-4-3-5-28-19(26)22-9-13-6-14(16(20)10-23)8-15(7-13)17(21)11-24/h6-8H,1,3-5,9,20-21H2,2H3,(H,22,26). The van der Waals surface area contributed by atoms with Crippen molar-refractivity contribution in [3.05, 3.63) is 47.0 Å². The number of rotatable bonds is 9. The molecule has 0 unspecified atom stereocenters. The minimum absolute atomic E-state index is 0.0303. The summed E-state index contributed by atoms with van der Waals surface area (Å²) in [5.41, 5.74) is 12.2. The molecule has 0 aliphatic rings. The van der Waals surface area contributed by atoms with E-state index in [9.17, 15) is 19.2 Å². The second-order valence-corrected chi connectivity index (χ2v) is 5.71. The number of hydrogen-bond donors (Lipinski definition) is 3. The molecular formula is C19H21N3O6. The van der Waals surface area contributed by atoms with E-state index < -0.39 is 12.1 Å². The number of carbonyl (C=O) groups excluding carboxylic acids is 4. The first kappa shape index (κ1) is 22.2. The van der Waals surface area contributed by atoms with Gasteiger partial charge in [-0.15, -0.1) is 0 Å². The van der Waals surface area contributed by atoms with Gasteiger partial charge in [0, 0.05) is 29.7 Å². The lowest BCUT2D eigenvalue weighted by Crippen LogP contribution is -2.24. The summed E-state index contributed by atoms with van der Waals surface area (Å²) < 4.78 is 9.82. The summed E-state index contributed by atoms with van der Waals surface area (Å²) in [4.78, 5) is 44.4. The number of nitrogens with one attached hydrogen (secondary N) is 1. The Balaban J connectivity index is 2.60. The van der Waals surface area contributed by atoms with E-state index in [-0.39, 0.29) is 36.7 Å². The molecule has 0 radical (unpaired) electrons. The molecule has 1 aromatic rings. The average Bonchev–Trinajstić information content (AvgIpc) is 2.70. The normalized spacial score (nSPS) is 9.46. The highest BCUT2D eigenvalue weighted by atomic mass is 16.6. The van der Waals surface area contributed by atoms with Crippen LogP contribution in [-0.4, -0.2) is 37.2 Å². The van der Waals surface area contributed by atoms with Gasteiger partial charge in [-0.2, -0.15) is 0 Å². The fourth-order valence-electron chi connectivity index (χ4n) is 1.96. The molecule has 1 aromatic carbocycles. The van der Waals surface area contributed by atoms with Gasteiger partial charge < -0.3 is 26.3 Å². The molecule has 0 fully saturated rings. The maximum absolute atomic E-state index is 11.7. The Hall–Kier alpha value is -3.80. The van der Waals surface area contributed by atoms with Crippen LogP contribution in [0, 0.1) is 0 Å². The molecule has 0 aliphatic carbocycles. The molecule has 148 valence electrons. The van der Waals surface area contributed by atoms with Gasteiger partial charge >= 0.3 is 12.1 Å². The third-order valence-electron chi connectivity index (χ3n) is 3.38. The van der Waals surface area contributed by atoms with E-state index in [1.807, 2.05) is 0 Å². The van der Waals surface area contributed by atoms with Crippen molar-refractivity contribution in [1.82, 2.24) is 5.32 Å². The van der Waals surface area contributed by atoms with Crippen LogP contribution in [0.1, 0.15) is 30.0 Å². The van der Waals surface area contributed by atoms with Crippen LogP contribution in [0.3, 0.4) is 0 Å². The van der Waals surface area contributed by atoms with Gasteiger partial charge in [0.25, 0.3) is 0 Å². The lowest BCUT2D eigenvalue weighted by Gasteiger charge is -2.10. The molecule has 0 aliphatic heterocycles. The zero-order valence-corrected chi connectivity index (χ0v) is 15.4. The first-order chi connectivity index (χ1) is 13.3. The van der Waals surface area contributed by atoms with Crippen molar-refractivity contribution in [2.45, 2.75) is 19.9 Å². The summed E-state index contributed by atoms with van der Waals surface area (Å²) >= 11 is 0. The van der Waals surface area contributed by atoms with Gasteiger partial charge in [0.2, 0.25) is 0 Å². The second kappa shape index (κ2) is 11.0. The second-order valence-electron chi connectivity index (χ2n) is 5.71. The van der Waals surface area contributed by atoms with Crippen LogP contribution in [0.25, 0.3) is 11.4 Å². The fourth-order valence-corrected chi connectivity index (χ4v) is 1.96. The van der Waals surface area contributed by atoms with E-state index in [2.05, 4.69) is 11.9 Å². The molecule has 1 amide bonds. The maximum atomic E-state index is 11.7. The quantitative estimate of drug-likeness (QED) is 0.242. The van der Waals surface area contributed by atoms with E-state index in [1.165, 1.54) is 13.0 Å². The molecule has 28 heavy (non-hydrogen) atoms. The molecule has 0 bridgehead atoms. The third kappa shape index (κ3) is 7.21. The number of hydrogen-bond acceptors (Lipinski definition) is 8. The van der Waals surface area contributed by atoms with E-state index in [0.29, 0.717) is 23.1 Å². The topological polar surface area (TPSA) is 151 Å². The van der Waals surface area contributed by atoms with Crippen molar-refractivity contribution in [1.29, 1.82) is 0 Å². The number of alkyl carbamates (subject to hydrolysis) is 1. The molecule has 0 heterocycles. The Bertz CT molecular complexity index is 822. The summed E-state index contributed by atoms with van der Waals surface area (Å²) in [6.07, 6.45) is -0.371. The van der Waals surface area contributed by atoms with Gasteiger partial charge in [-0.25, -0.2) is 19.2 Å². The molecule has 0 atom stereocenters. The molecular weight excluding hydrogens is 366 g/mol. The van der Waals surface area contributed by atoms with Gasteiger partial charge in [-0.1, -0.05) is 6.58 Å². The summed E-state index contributed by atoms with van der Waals surface area (Å²) in [6, 6.07) is 4.52. The number of esters is 1. The number of nitrogens with two attached hydrogens (primary N) is 2. The third-order valence-corrected chi connectivity index (χ3v) is 3.38. The lowest BCUT2D eigenvalue weighted by molar-refractivity contribution is -0.139. The van der Waals surface area contributed by atoms with Crippen LogP contribution in [0.2, 0.25) is 0 Å². The molecule has 0 saturated carbocycles. The van der Waals surface area contributed by atoms with Crippen molar-refractivity contribution in [2.75, 3.05) is 13.2 Å². The summed E-state index contributed by atoms with van der Waals surface area (Å²) in [6.45, 7) is 5.15. The molecule has 1 rings (SSSR count). The monoisotopic (exact) mass is 387 g/mol. The SMILES string of the molecule is C=C(C)C(=O)OCCCOC(=O)NCc1cc(C(N)=C=O)cc(C(N)=C=O)c1. The Morgan fingerprint density at radius 2 is 1.57 bits per heavy atom. The number of carbonyl (C=O) groups is 2. The highest BCUT2D eigenvalue weighted by molar-refractivity contribution is 5.90. The van der Waals surface area contributed by atoms with E-state index in [0.717, 1.165) is 0 Å². The maximum Gasteiger partial charge on any atom is 0.407 e. The Morgan fingerprint density at radius 3 is 2.07 bits per heavy atom. The summed E-state index contributed by atoms with van der Waals surface area (Å²) in [5, 5.41) is 2.50. The van der Waals surface area contributed by atoms with E-state index in [4.69, 9.17) is 20.9 Å². The minimum Gasteiger partial charge on any atom is -0.462 e. The lowest BCUT2D eigenvalue weighted by atomic mass is 10.0. The van der Waals surface area contributed by atoms with Crippen LogP contribution >= 0.6 is 0 Å². The van der Waals surface area contributed by atoms with Crippen molar-refractivity contribution in [3.8, 4) is 0 Å². The van der Waals surface area contributed by atoms with Crippen LogP contribution in [0.4, 0.5) is 4.79 Å². The molecule has 0 saturated heterocycles. The summed E-state index contributed by atoms with van der Waals surface area (Å²) in [7, 11) is 0. The van der Waals surface area contributed by atoms with Crippen molar-refractivity contribution >= 4 is 35.3 Å². The van der Waals surface area contributed by atoms with Gasteiger partial charge in [0.1, 0.15) is 11.4 Å². The van der Waals surface area contributed by atoms with Crippen molar-refractivity contribution in [3.63, 3.8) is 0 Å². The molecule has 0 spiro atoms. The van der Waals surface area contributed by atoms with Crippen molar-refractivity contribution in [2.24, 2.45) is 11.5 Å². The van der Waals surface area contributed by atoms with Crippen LogP contribution in [-0.2, 0) is 30.4 Å². The zero-order chi connectivity index (χ0) is 21.1. The first-order valence-corrected chi connectivity index (χ1v) is 8.17. The Morgan fingerprint density at radius 1 is 1.04 bits per heavy atom. The average molecular weight is 387 g/mol. The minimum atomic E-state index is -0.698. The largest absolute Gasteiger partial charge is 0.462 e. The Kier molecular flexibility index (Phi) is 8.76. The molecule has 9 nitrogen and oxygen atoms in total. The molecule has 5 N–H and O–H groups in total. The highest BCUT2D eigenvalue weighted by Gasteiger charge is 2.09. The Labute approximate surface area is 161 Å². The molecule has 9 heteroatoms. The van der Waals surface area contributed by atoms with Gasteiger partial charge in [-0.3, -0.25) is 0 Å². The van der Waals surface area contributed by atoms with Crippen molar-refractivity contribution < 1.29 is 28.7 Å². The van der Waals surface area contributed by atoms with Gasteiger partial charge in [0.05, 0.1) is 13.2 Å². The predicted molar refractivity (Wildman–Crippen MR) is 102 cm³/mol. The smallest absolute Gasteiger partial charge is 0.407 e. The fraction of sp³-hybridized carbons (Fsp3) is 0.263. The van der Waals surface area contributed by atoms with Gasteiger partial charge in [0.15, 0.2) is 11.9 Å². The van der Waals surface area contributed by atoms with Crippen LogP contribution < -0.4 is 16.8 Å². The predicted octanol–water partition coefficient (Wildman–Crippen LogP) is 0.685. The highest BCUT2D eigenvalue weighted by Crippen LogP contribution is 2.17. The van der Waals surface area contributed by atoms with E-state index in [1.54, 1.807) is 24.0 Å². The first-order valence-electron chi connectivity index (χ1n) is 8.17. The number of benzene rings is 1. The van der Waals surface area contributed by atoms with E-state index >= 15 is 0 Å². The van der Waals surface area contributed by atoms with Crippen LogP contribution in [0.5, 0.6) is 0 Å². The number of ether oxygens (including phenoxy) is 2. The zero-order valence-electron chi connectivity index (χ0n) is 15.4. The van der Waals surface area contributed by atoms with Gasteiger partial charge in [-0.05, 0) is 30.7 Å². The van der Waals surface area contributed by atoms with Crippen LogP contribution in [0.15, 0.2) is 30.4 Å². The summed E-state index contributed by atoms with van der Waals surface area (Å²) in [5.74, 6) is 2.60. The number of amides is 1.